The summed E-state index contributed by atoms with van der Waals surface area (Å²) >= 11 is 0. The van der Waals surface area contributed by atoms with E-state index in [2.05, 4.69) is 27.7 Å². The molecule has 0 aromatic heterocycles. The molecule has 4 rings (SSSR count). The SMILES string of the molecule is CC1=C2CCCCC2C(C)=C1CC1=C(C)C(C)=C2CCCCC21. The maximum absolute atomic E-state index is 2.44. The normalized spacial score (nSPS) is 31.3. The van der Waals surface area contributed by atoms with Crippen molar-refractivity contribution in [1.82, 2.24) is 0 Å². The predicted octanol–water partition coefficient (Wildman–Crippen LogP) is 7.05. The van der Waals surface area contributed by atoms with Gasteiger partial charge in [0.05, 0.1) is 0 Å². The fraction of sp³-hybridized carbons (Fsp3) is 0.652. The minimum atomic E-state index is 0.796. The lowest BCUT2D eigenvalue weighted by Gasteiger charge is -2.25. The van der Waals surface area contributed by atoms with Gasteiger partial charge in [0.2, 0.25) is 0 Å². The highest BCUT2D eigenvalue weighted by atomic mass is 14.4. The van der Waals surface area contributed by atoms with E-state index in [-0.39, 0.29) is 0 Å². The molecule has 2 unspecified atom stereocenters. The van der Waals surface area contributed by atoms with Crippen molar-refractivity contribution in [2.75, 3.05) is 0 Å². The van der Waals surface area contributed by atoms with E-state index in [4.69, 9.17) is 0 Å². The van der Waals surface area contributed by atoms with E-state index >= 15 is 0 Å². The molecule has 0 radical (unpaired) electrons. The fourth-order valence-electron chi connectivity index (χ4n) is 5.95. The lowest BCUT2D eigenvalue weighted by molar-refractivity contribution is 0.499. The average molecular weight is 309 g/mol. The first-order valence-corrected chi connectivity index (χ1v) is 9.89. The fourth-order valence-corrected chi connectivity index (χ4v) is 5.95. The van der Waals surface area contributed by atoms with Crippen molar-refractivity contribution in [3.8, 4) is 0 Å². The molecule has 124 valence electrons. The van der Waals surface area contributed by atoms with Crippen molar-refractivity contribution in [2.24, 2.45) is 11.8 Å². The van der Waals surface area contributed by atoms with Gasteiger partial charge in [0.1, 0.15) is 0 Å². The minimum Gasteiger partial charge on any atom is -0.0623 e. The average Bonchev–Trinajstić information content (AvgIpc) is 2.97. The van der Waals surface area contributed by atoms with Crippen molar-refractivity contribution >= 4 is 0 Å². The Bertz CT molecular complexity index is 662. The Morgan fingerprint density at radius 2 is 1.30 bits per heavy atom. The van der Waals surface area contributed by atoms with Gasteiger partial charge >= 0.3 is 0 Å². The van der Waals surface area contributed by atoms with Gasteiger partial charge in [0.15, 0.2) is 0 Å². The first-order chi connectivity index (χ1) is 11.1. The van der Waals surface area contributed by atoms with Crippen molar-refractivity contribution in [1.29, 1.82) is 0 Å². The van der Waals surface area contributed by atoms with Crippen LogP contribution in [-0.2, 0) is 0 Å². The molecule has 4 aliphatic carbocycles. The summed E-state index contributed by atoms with van der Waals surface area (Å²) in [4.78, 5) is 0. The number of fused-ring (bicyclic) bond motifs is 2. The van der Waals surface area contributed by atoms with Crippen LogP contribution in [0, 0.1) is 11.8 Å². The Morgan fingerprint density at radius 1 is 0.696 bits per heavy atom. The summed E-state index contributed by atoms with van der Waals surface area (Å²) in [6, 6.07) is 0. The summed E-state index contributed by atoms with van der Waals surface area (Å²) in [6.45, 7) is 9.65. The number of allylic oxidation sites excluding steroid dienone is 8. The van der Waals surface area contributed by atoms with E-state index in [1.54, 1.807) is 44.6 Å². The van der Waals surface area contributed by atoms with Crippen molar-refractivity contribution in [3.05, 3.63) is 44.6 Å². The summed E-state index contributed by atoms with van der Waals surface area (Å²) < 4.78 is 0. The van der Waals surface area contributed by atoms with Crippen molar-refractivity contribution in [2.45, 2.75) is 85.5 Å². The second-order valence-electron chi connectivity index (χ2n) is 8.39. The minimum absolute atomic E-state index is 0.796. The van der Waals surface area contributed by atoms with Crippen LogP contribution in [0.2, 0.25) is 0 Å². The van der Waals surface area contributed by atoms with Crippen LogP contribution in [-0.4, -0.2) is 0 Å². The van der Waals surface area contributed by atoms with Gasteiger partial charge in [-0.25, -0.2) is 0 Å². The number of hydrogen-bond acceptors (Lipinski definition) is 0. The van der Waals surface area contributed by atoms with Gasteiger partial charge in [-0.05, 0) is 94.9 Å². The third kappa shape index (κ3) is 2.32. The largest absolute Gasteiger partial charge is 0.0623 e. The molecule has 4 aliphatic rings. The lowest BCUT2D eigenvalue weighted by Crippen LogP contribution is -2.11. The zero-order valence-electron chi connectivity index (χ0n) is 15.5. The Hall–Kier alpha value is -1.04. The highest BCUT2D eigenvalue weighted by Crippen LogP contribution is 2.51. The number of hydrogen-bond donors (Lipinski definition) is 0. The zero-order valence-corrected chi connectivity index (χ0v) is 15.5. The maximum atomic E-state index is 2.44. The van der Waals surface area contributed by atoms with E-state index < -0.39 is 0 Å². The van der Waals surface area contributed by atoms with Gasteiger partial charge in [-0.1, -0.05) is 35.1 Å². The molecule has 0 aromatic rings. The Morgan fingerprint density at radius 3 is 1.96 bits per heavy atom. The quantitative estimate of drug-likeness (QED) is 0.512. The van der Waals surface area contributed by atoms with Crippen LogP contribution in [0.4, 0.5) is 0 Å². The first-order valence-electron chi connectivity index (χ1n) is 9.89. The Labute approximate surface area is 142 Å². The maximum Gasteiger partial charge on any atom is 0.00219 e. The molecule has 0 spiro atoms. The van der Waals surface area contributed by atoms with E-state index in [0.29, 0.717) is 0 Å². The van der Waals surface area contributed by atoms with E-state index in [9.17, 15) is 0 Å². The molecule has 0 amide bonds. The molecule has 0 aliphatic heterocycles. The van der Waals surface area contributed by atoms with Crippen LogP contribution in [0.5, 0.6) is 0 Å². The molecular weight excluding hydrogens is 276 g/mol. The van der Waals surface area contributed by atoms with Gasteiger partial charge in [-0.3, -0.25) is 0 Å². The lowest BCUT2D eigenvalue weighted by atomic mass is 9.79. The predicted molar refractivity (Wildman–Crippen MR) is 99.3 cm³/mol. The van der Waals surface area contributed by atoms with E-state index in [0.717, 1.165) is 11.8 Å². The molecular formula is C23H32. The van der Waals surface area contributed by atoms with E-state index in [1.165, 1.54) is 57.8 Å². The Kier molecular flexibility index (Phi) is 3.90. The second kappa shape index (κ2) is 5.80. The van der Waals surface area contributed by atoms with Gasteiger partial charge in [-0.2, -0.15) is 0 Å². The molecule has 0 aromatic carbocycles. The standard InChI is InChI=1S/C23H32/c1-14-15(2)23(21-12-8-7-9-18(14)21)13-22-16(3)19-10-5-6-11-20(19)17(22)4/h19,21H,5-13H2,1-4H3. The summed E-state index contributed by atoms with van der Waals surface area (Å²) in [5, 5.41) is 0. The van der Waals surface area contributed by atoms with Crippen LogP contribution < -0.4 is 0 Å². The number of rotatable bonds is 2. The summed E-state index contributed by atoms with van der Waals surface area (Å²) in [7, 11) is 0. The highest BCUT2D eigenvalue weighted by Gasteiger charge is 2.35. The molecule has 0 N–H and O–H groups in total. The van der Waals surface area contributed by atoms with Gasteiger partial charge < -0.3 is 0 Å². The van der Waals surface area contributed by atoms with Gasteiger partial charge in [0.25, 0.3) is 0 Å². The topological polar surface area (TPSA) is 0 Å². The van der Waals surface area contributed by atoms with Crippen LogP contribution in [0.1, 0.15) is 85.5 Å². The van der Waals surface area contributed by atoms with Gasteiger partial charge in [-0.15, -0.1) is 0 Å². The molecule has 2 fully saturated rings. The molecule has 0 nitrogen and oxygen atoms in total. The summed E-state index contributed by atoms with van der Waals surface area (Å²) in [5.41, 5.74) is 13.8. The molecule has 0 heteroatoms. The van der Waals surface area contributed by atoms with Crippen LogP contribution in [0.25, 0.3) is 0 Å². The summed E-state index contributed by atoms with van der Waals surface area (Å²) in [5.74, 6) is 1.60. The van der Waals surface area contributed by atoms with Crippen molar-refractivity contribution in [3.63, 3.8) is 0 Å². The third-order valence-corrected chi connectivity index (χ3v) is 7.47. The van der Waals surface area contributed by atoms with E-state index in [1.807, 2.05) is 0 Å². The van der Waals surface area contributed by atoms with Crippen LogP contribution in [0.3, 0.4) is 0 Å². The second-order valence-corrected chi connectivity index (χ2v) is 8.39. The monoisotopic (exact) mass is 308 g/mol. The molecule has 23 heavy (non-hydrogen) atoms. The molecule has 2 saturated carbocycles. The highest BCUT2D eigenvalue weighted by molar-refractivity contribution is 5.55. The van der Waals surface area contributed by atoms with Crippen LogP contribution in [0.15, 0.2) is 44.6 Å². The molecule has 0 saturated heterocycles. The van der Waals surface area contributed by atoms with Gasteiger partial charge in [0, 0.05) is 11.8 Å². The zero-order chi connectivity index (χ0) is 16.1. The molecule has 0 heterocycles. The Balaban J connectivity index is 1.66. The van der Waals surface area contributed by atoms with Crippen LogP contribution >= 0.6 is 0 Å². The third-order valence-electron chi connectivity index (χ3n) is 7.47. The first kappa shape index (κ1) is 15.5. The van der Waals surface area contributed by atoms with Crippen molar-refractivity contribution < 1.29 is 0 Å². The summed E-state index contributed by atoms with van der Waals surface area (Å²) in [6.07, 6.45) is 12.5. The molecule has 0 bridgehead atoms. The smallest absolute Gasteiger partial charge is 0.00219 e. The molecule has 2 atom stereocenters.